The molecule has 0 saturated carbocycles. The predicted octanol–water partition coefficient (Wildman–Crippen LogP) is 1.88. The first kappa shape index (κ1) is 10.7. The molecule has 0 bridgehead atoms. The maximum Gasteiger partial charge on any atom is 0.206 e. The van der Waals surface area contributed by atoms with Gasteiger partial charge in [0.2, 0.25) is 5.13 Å². The molecule has 88 valence electrons. The molecule has 1 aromatic heterocycles. The second-order valence-electron chi connectivity index (χ2n) is 4.53. The zero-order valence-electron chi connectivity index (χ0n) is 9.19. The van der Waals surface area contributed by atoms with Gasteiger partial charge in [0.1, 0.15) is 0 Å². The number of nitrogens with zero attached hydrogens (tertiary/aromatic N) is 3. The van der Waals surface area contributed by atoms with Gasteiger partial charge in [0.05, 0.1) is 0 Å². The maximum atomic E-state index is 5.07. The van der Waals surface area contributed by atoms with Crippen LogP contribution in [0, 0.1) is 3.95 Å². The van der Waals surface area contributed by atoms with Gasteiger partial charge in [-0.25, -0.2) is 0 Å². The Hall–Kier alpha value is -0.460. The van der Waals surface area contributed by atoms with Gasteiger partial charge in [-0.05, 0) is 44.6 Å². The first-order valence-corrected chi connectivity index (χ1v) is 7.10. The molecule has 16 heavy (non-hydrogen) atoms. The molecule has 2 fully saturated rings. The van der Waals surface area contributed by atoms with Crippen molar-refractivity contribution >= 4 is 28.7 Å². The Labute approximate surface area is 104 Å². The summed E-state index contributed by atoms with van der Waals surface area (Å²) in [4.78, 5) is 4.99. The van der Waals surface area contributed by atoms with Crippen molar-refractivity contribution in [3.05, 3.63) is 3.95 Å². The molecule has 2 aliphatic rings. The highest BCUT2D eigenvalue weighted by Gasteiger charge is 2.30. The summed E-state index contributed by atoms with van der Waals surface area (Å²) in [7, 11) is 0. The van der Waals surface area contributed by atoms with E-state index in [1.54, 1.807) is 11.3 Å². The first-order chi connectivity index (χ1) is 7.83. The lowest BCUT2D eigenvalue weighted by atomic mass is 10.2. The van der Waals surface area contributed by atoms with Crippen LogP contribution >= 0.6 is 23.6 Å². The molecule has 2 aliphatic heterocycles. The van der Waals surface area contributed by atoms with Gasteiger partial charge in [-0.1, -0.05) is 11.3 Å². The fourth-order valence-corrected chi connectivity index (χ4v) is 3.59. The van der Waals surface area contributed by atoms with Crippen molar-refractivity contribution in [1.29, 1.82) is 0 Å². The smallest absolute Gasteiger partial charge is 0.206 e. The van der Waals surface area contributed by atoms with E-state index in [2.05, 4.69) is 20.0 Å². The average molecular weight is 256 g/mol. The monoisotopic (exact) mass is 256 g/mol. The summed E-state index contributed by atoms with van der Waals surface area (Å²) in [6, 6.07) is 0.736. The molecular weight excluding hydrogens is 240 g/mol. The molecule has 1 N–H and O–H groups in total. The van der Waals surface area contributed by atoms with E-state index < -0.39 is 0 Å². The largest absolute Gasteiger partial charge is 0.345 e. The second-order valence-corrected chi connectivity index (χ2v) is 6.17. The molecule has 3 heterocycles. The third-order valence-corrected chi connectivity index (χ3v) is 4.67. The van der Waals surface area contributed by atoms with Crippen LogP contribution < -0.4 is 4.90 Å². The Morgan fingerprint density at radius 3 is 2.81 bits per heavy atom. The van der Waals surface area contributed by atoms with Gasteiger partial charge < -0.3 is 4.90 Å². The van der Waals surface area contributed by atoms with Crippen molar-refractivity contribution in [2.45, 2.75) is 25.3 Å². The van der Waals surface area contributed by atoms with Crippen molar-refractivity contribution in [2.75, 3.05) is 31.1 Å². The number of H-pyrrole nitrogens is 1. The number of nitrogens with one attached hydrogen (secondary N) is 1. The summed E-state index contributed by atoms with van der Waals surface area (Å²) in [6.07, 6.45) is 4.02. The lowest BCUT2D eigenvalue weighted by Gasteiger charge is -2.23. The molecule has 4 nitrogen and oxygen atoms in total. The maximum absolute atomic E-state index is 5.07. The van der Waals surface area contributed by atoms with Gasteiger partial charge in [-0.3, -0.25) is 10.00 Å². The van der Waals surface area contributed by atoms with E-state index >= 15 is 0 Å². The van der Waals surface area contributed by atoms with Crippen LogP contribution in [0.1, 0.15) is 19.3 Å². The van der Waals surface area contributed by atoms with Crippen molar-refractivity contribution in [3.63, 3.8) is 0 Å². The van der Waals surface area contributed by atoms with Crippen LogP contribution in [0.3, 0.4) is 0 Å². The van der Waals surface area contributed by atoms with Gasteiger partial charge in [0, 0.05) is 19.1 Å². The Kier molecular flexibility index (Phi) is 2.95. The molecule has 0 amide bonds. The Bertz CT molecular complexity index is 407. The number of aromatic amines is 1. The van der Waals surface area contributed by atoms with Crippen LogP contribution in [0.15, 0.2) is 0 Å². The highest BCUT2D eigenvalue weighted by Crippen LogP contribution is 2.26. The van der Waals surface area contributed by atoms with E-state index in [4.69, 9.17) is 12.2 Å². The van der Waals surface area contributed by atoms with Crippen LogP contribution in [0.5, 0.6) is 0 Å². The number of likely N-dealkylation sites (tertiary alicyclic amines) is 1. The second kappa shape index (κ2) is 4.43. The fourth-order valence-electron chi connectivity index (χ4n) is 2.68. The number of hydrogen-bond donors (Lipinski definition) is 1. The molecule has 3 rings (SSSR count). The molecule has 2 saturated heterocycles. The summed E-state index contributed by atoms with van der Waals surface area (Å²) in [5.41, 5.74) is 0. The lowest BCUT2D eigenvalue weighted by molar-refractivity contribution is 0.260. The Morgan fingerprint density at radius 2 is 2.12 bits per heavy atom. The zero-order valence-corrected chi connectivity index (χ0v) is 10.8. The molecule has 1 unspecified atom stereocenters. The van der Waals surface area contributed by atoms with E-state index in [9.17, 15) is 0 Å². The van der Waals surface area contributed by atoms with Crippen molar-refractivity contribution in [1.82, 2.24) is 15.1 Å². The first-order valence-electron chi connectivity index (χ1n) is 5.87. The molecule has 0 spiro atoms. The van der Waals surface area contributed by atoms with Crippen molar-refractivity contribution in [3.8, 4) is 0 Å². The predicted molar refractivity (Wildman–Crippen MR) is 68.7 cm³/mol. The summed E-state index contributed by atoms with van der Waals surface area (Å²) in [5, 5.41) is 8.18. The Balaban J connectivity index is 1.66. The normalized spacial score (nSPS) is 26.8. The zero-order chi connectivity index (χ0) is 11.0. The number of hydrogen-bond acceptors (Lipinski definition) is 5. The van der Waals surface area contributed by atoms with Crippen LogP contribution in [0.4, 0.5) is 5.13 Å². The number of aromatic nitrogens is 2. The third kappa shape index (κ3) is 2.01. The minimum Gasteiger partial charge on any atom is -0.345 e. The minimum absolute atomic E-state index is 0.736. The molecule has 6 heteroatoms. The fraction of sp³-hybridized carbons (Fsp3) is 0.800. The molecule has 1 atom stereocenters. The Morgan fingerprint density at radius 1 is 1.31 bits per heavy atom. The summed E-state index contributed by atoms with van der Waals surface area (Å²) in [6.45, 7) is 4.82. The van der Waals surface area contributed by atoms with Gasteiger partial charge in [-0.15, -0.1) is 5.10 Å². The van der Waals surface area contributed by atoms with E-state index in [0.717, 1.165) is 28.2 Å². The van der Waals surface area contributed by atoms with E-state index in [0.29, 0.717) is 0 Å². The average Bonchev–Trinajstić information content (AvgIpc) is 2.97. The quantitative estimate of drug-likeness (QED) is 0.820. The van der Waals surface area contributed by atoms with E-state index in [1.165, 1.54) is 32.4 Å². The van der Waals surface area contributed by atoms with Gasteiger partial charge in [0.25, 0.3) is 0 Å². The standard InChI is InChI=1S/C10H16N4S2/c15-10-12-11-9(16-10)14-6-3-8(7-14)13-4-1-2-5-13/h8H,1-7H2,(H,12,15). The van der Waals surface area contributed by atoms with Crippen molar-refractivity contribution < 1.29 is 0 Å². The van der Waals surface area contributed by atoms with Crippen LogP contribution in [0.25, 0.3) is 0 Å². The summed E-state index contributed by atoms with van der Waals surface area (Å²) in [5.74, 6) is 0. The molecule has 0 radical (unpaired) electrons. The van der Waals surface area contributed by atoms with Crippen LogP contribution in [-0.4, -0.2) is 47.3 Å². The van der Waals surface area contributed by atoms with Crippen LogP contribution in [-0.2, 0) is 0 Å². The van der Waals surface area contributed by atoms with Crippen molar-refractivity contribution in [2.24, 2.45) is 0 Å². The minimum atomic E-state index is 0.736. The molecular formula is C10H16N4S2. The topological polar surface area (TPSA) is 35.2 Å². The summed E-state index contributed by atoms with van der Waals surface area (Å²) < 4.78 is 0.777. The lowest BCUT2D eigenvalue weighted by Crippen LogP contribution is -2.35. The molecule has 0 aliphatic carbocycles. The SMILES string of the molecule is S=c1[nH]nc(N2CCC(N3CCCC3)C2)s1. The van der Waals surface area contributed by atoms with Gasteiger partial charge in [-0.2, -0.15) is 0 Å². The third-order valence-electron chi connectivity index (χ3n) is 3.52. The van der Waals surface area contributed by atoms with Gasteiger partial charge in [0.15, 0.2) is 3.95 Å². The number of anilines is 1. The molecule has 1 aromatic rings. The molecule has 0 aromatic carbocycles. The highest BCUT2D eigenvalue weighted by molar-refractivity contribution is 7.73. The van der Waals surface area contributed by atoms with Gasteiger partial charge >= 0.3 is 0 Å². The van der Waals surface area contributed by atoms with E-state index in [-0.39, 0.29) is 0 Å². The summed E-state index contributed by atoms with van der Waals surface area (Å²) >= 11 is 6.65. The van der Waals surface area contributed by atoms with Crippen LogP contribution in [0.2, 0.25) is 0 Å². The number of rotatable bonds is 2. The van der Waals surface area contributed by atoms with E-state index in [1.807, 2.05) is 0 Å². The highest BCUT2D eigenvalue weighted by atomic mass is 32.1.